The first-order chi connectivity index (χ1) is 12.2. The summed E-state index contributed by atoms with van der Waals surface area (Å²) in [7, 11) is 0. The number of fused-ring (bicyclic) bond motifs is 1. The third-order valence-electron chi connectivity index (χ3n) is 4.27. The number of urea groups is 1. The van der Waals surface area contributed by atoms with Crippen LogP contribution in [0.15, 0.2) is 34.9 Å². The summed E-state index contributed by atoms with van der Waals surface area (Å²) in [6, 6.07) is 7.19. The molecule has 25 heavy (non-hydrogen) atoms. The van der Waals surface area contributed by atoms with Gasteiger partial charge >= 0.3 is 6.03 Å². The molecule has 0 bridgehead atoms. The molecule has 0 radical (unpaired) electrons. The highest BCUT2D eigenvalue weighted by molar-refractivity contribution is 5.89. The summed E-state index contributed by atoms with van der Waals surface area (Å²) in [4.78, 5) is 12.2. The zero-order valence-corrected chi connectivity index (χ0v) is 13.7. The Labute approximate surface area is 144 Å². The maximum atomic E-state index is 12.2. The number of aryl methyl sites for hydroxylation is 2. The molecule has 1 unspecified atom stereocenters. The Bertz CT molecular complexity index is 883. The van der Waals surface area contributed by atoms with Gasteiger partial charge in [-0.2, -0.15) is 5.10 Å². The fraction of sp³-hybridized carbons (Fsp3) is 0.294. The minimum atomic E-state index is -0.210. The van der Waals surface area contributed by atoms with Crippen LogP contribution in [0.25, 0.3) is 11.5 Å². The molecule has 0 saturated carbocycles. The van der Waals surface area contributed by atoms with Gasteiger partial charge in [0.05, 0.1) is 6.20 Å². The highest BCUT2D eigenvalue weighted by Crippen LogP contribution is 2.21. The predicted molar refractivity (Wildman–Crippen MR) is 91.0 cm³/mol. The summed E-state index contributed by atoms with van der Waals surface area (Å²) in [6.07, 6.45) is 4.43. The van der Waals surface area contributed by atoms with Crippen molar-refractivity contribution in [3.05, 3.63) is 47.6 Å². The Balaban J connectivity index is 1.35. The number of carbonyl (C=O) groups excluding carboxylic acids is 1. The number of amides is 2. The van der Waals surface area contributed by atoms with Crippen LogP contribution in [-0.4, -0.2) is 32.5 Å². The molecule has 1 aromatic carbocycles. The van der Waals surface area contributed by atoms with Gasteiger partial charge in [-0.3, -0.25) is 5.10 Å². The lowest BCUT2D eigenvalue weighted by Crippen LogP contribution is -2.41. The van der Waals surface area contributed by atoms with Crippen LogP contribution in [0.5, 0.6) is 0 Å². The molecule has 2 aromatic heterocycles. The largest absolute Gasteiger partial charge is 0.421 e. The Kier molecular flexibility index (Phi) is 3.93. The van der Waals surface area contributed by atoms with Crippen molar-refractivity contribution in [2.45, 2.75) is 32.2 Å². The van der Waals surface area contributed by atoms with Crippen molar-refractivity contribution < 1.29 is 9.21 Å². The lowest BCUT2D eigenvalue weighted by molar-refractivity contribution is 0.247. The van der Waals surface area contributed by atoms with E-state index in [2.05, 4.69) is 31.0 Å². The summed E-state index contributed by atoms with van der Waals surface area (Å²) >= 11 is 0. The average Bonchev–Trinajstić information content (AvgIpc) is 3.24. The second-order valence-corrected chi connectivity index (χ2v) is 6.12. The fourth-order valence-electron chi connectivity index (χ4n) is 3.00. The van der Waals surface area contributed by atoms with Gasteiger partial charge in [0.15, 0.2) is 0 Å². The third-order valence-corrected chi connectivity index (χ3v) is 4.27. The monoisotopic (exact) mass is 338 g/mol. The summed E-state index contributed by atoms with van der Waals surface area (Å²) in [5.74, 6) is 0.983. The molecule has 8 nitrogen and oxygen atoms in total. The smallest absolute Gasteiger partial charge is 0.319 e. The fourth-order valence-corrected chi connectivity index (χ4v) is 3.00. The Morgan fingerprint density at radius 1 is 1.28 bits per heavy atom. The molecule has 0 spiro atoms. The number of hydrogen-bond donors (Lipinski definition) is 3. The van der Waals surface area contributed by atoms with E-state index in [1.165, 1.54) is 11.3 Å². The van der Waals surface area contributed by atoms with Gasteiger partial charge in [0, 0.05) is 29.9 Å². The van der Waals surface area contributed by atoms with Crippen molar-refractivity contribution in [3.63, 3.8) is 0 Å². The quantitative estimate of drug-likeness (QED) is 0.680. The first-order valence-electron chi connectivity index (χ1n) is 8.16. The topological polar surface area (TPSA) is 109 Å². The first-order valence-corrected chi connectivity index (χ1v) is 8.16. The zero-order valence-electron chi connectivity index (χ0n) is 13.7. The number of anilines is 1. The minimum absolute atomic E-state index is 0.116. The van der Waals surface area contributed by atoms with Gasteiger partial charge in [0.2, 0.25) is 11.8 Å². The second-order valence-electron chi connectivity index (χ2n) is 6.12. The molecule has 4 rings (SSSR count). The number of aromatic nitrogens is 4. The van der Waals surface area contributed by atoms with Crippen molar-refractivity contribution in [2.75, 3.05) is 5.32 Å². The van der Waals surface area contributed by atoms with E-state index in [0.717, 1.165) is 24.8 Å². The number of hydrogen-bond acceptors (Lipinski definition) is 5. The van der Waals surface area contributed by atoms with E-state index in [1.54, 1.807) is 6.92 Å². The van der Waals surface area contributed by atoms with E-state index in [0.29, 0.717) is 17.5 Å². The Morgan fingerprint density at radius 2 is 2.12 bits per heavy atom. The van der Waals surface area contributed by atoms with Crippen LogP contribution in [0.1, 0.15) is 23.6 Å². The van der Waals surface area contributed by atoms with Crippen molar-refractivity contribution in [2.24, 2.45) is 0 Å². The summed E-state index contributed by atoms with van der Waals surface area (Å²) < 4.78 is 5.38. The van der Waals surface area contributed by atoms with Gasteiger partial charge in [-0.05, 0) is 49.1 Å². The van der Waals surface area contributed by atoms with Crippen molar-refractivity contribution in [1.82, 2.24) is 25.7 Å². The van der Waals surface area contributed by atoms with Crippen LogP contribution in [0.2, 0.25) is 0 Å². The van der Waals surface area contributed by atoms with E-state index in [4.69, 9.17) is 4.42 Å². The maximum absolute atomic E-state index is 12.2. The van der Waals surface area contributed by atoms with Crippen molar-refractivity contribution >= 4 is 11.7 Å². The minimum Gasteiger partial charge on any atom is -0.421 e. The number of H-pyrrole nitrogens is 1. The van der Waals surface area contributed by atoms with Crippen molar-refractivity contribution in [3.8, 4) is 11.5 Å². The van der Waals surface area contributed by atoms with Crippen molar-refractivity contribution in [1.29, 1.82) is 0 Å². The number of rotatable bonds is 3. The van der Waals surface area contributed by atoms with Crippen LogP contribution < -0.4 is 10.6 Å². The standard InChI is InChI=1S/C17H18N6O2/c1-10-21-23-16(25-10)11-2-4-13(5-3-11)19-17(24)20-14-6-7-15-12(8-14)9-18-22-15/h2-5,9,14H,6-8H2,1H3,(H,18,22)(H2,19,20,24). The van der Waals surface area contributed by atoms with Gasteiger partial charge in [0.25, 0.3) is 0 Å². The molecule has 2 amide bonds. The average molecular weight is 338 g/mol. The maximum Gasteiger partial charge on any atom is 0.319 e. The lowest BCUT2D eigenvalue weighted by atomic mass is 9.94. The van der Waals surface area contributed by atoms with E-state index in [9.17, 15) is 4.79 Å². The molecule has 3 N–H and O–H groups in total. The van der Waals surface area contributed by atoms with E-state index >= 15 is 0 Å². The van der Waals surface area contributed by atoms with Crippen LogP contribution in [0.3, 0.4) is 0 Å². The molecular formula is C17H18N6O2. The molecule has 1 aliphatic rings. The van der Waals surface area contributed by atoms with Gasteiger partial charge in [-0.1, -0.05) is 0 Å². The summed E-state index contributed by atoms with van der Waals surface area (Å²) in [6.45, 7) is 1.74. The number of nitrogens with one attached hydrogen (secondary N) is 3. The summed E-state index contributed by atoms with van der Waals surface area (Å²) in [5.41, 5.74) is 3.87. The molecule has 0 saturated heterocycles. The van der Waals surface area contributed by atoms with Gasteiger partial charge in [0.1, 0.15) is 0 Å². The molecule has 3 aromatic rings. The highest BCUT2D eigenvalue weighted by atomic mass is 16.4. The number of nitrogens with zero attached hydrogens (tertiary/aromatic N) is 3. The van der Waals surface area contributed by atoms with E-state index in [-0.39, 0.29) is 12.1 Å². The van der Waals surface area contributed by atoms with Gasteiger partial charge < -0.3 is 15.1 Å². The lowest BCUT2D eigenvalue weighted by Gasteiger charge is -2.23. The molecule has 1 atom stereocenters. The Hall–Kier alpha value is -3.16. The van der Waals surface area contributed by atoms with Crippen LogP contribution in [0, 0.1) is 6.92 Å². The van der Waals surface area contributed by atoms with Crippen LogP contribution in [-0.2, 0) is 12.8 Å². The number of carbonyl (C=O) groups is 1. The molecule has 8 heteroatoms. The molecule has 2 heterocycles. The van der Waals surface area contributed by atoms with Crippen LogP contribution in [0.4, 0.5) is 10.5 Å². The Morgan fingerprint density at radius 3 is 2.88 bits per heavy atom. The molecule has 1 aliphatic carbocycles. The first kappa shape index (κ1) is 15.4. The van der Waals surface area contributed by atoms with Gasteiger partial charge in [-0.25, -0.2) is 4.79 Å². The normalized spacial score (nSPS) is 16.3. The molecule has 128 valence electrons. The number of benzene rings is 1. The number of aromatic amines is 1. The highest BCUT2D eigenvalue weighted by Gasteiger charge is 2.21. The van der Waals surface area contributed by atoms with E-state index in [1.807, 2.05) is 30.5 Å². The molecule has 0 aliphatic heterocycles. The molecular weight excluding hydrogens is 320 g/mol. The predicted octanol–water partition coefficient (Wildman–Crippen LogP) is 2.45. The third kappa shape index (κ3) is 3.37. The zero-order chi connectivity index (χ0) is 17.2. The summed E-state index contributed by atoms with van der Waals surface area (Å²) in [5, 5.41) is 20.7. The van der Waals surface area contributed by atoms with E-state index < -0.39 is 0 Å². The molecule has 0 fully saturated rings. The van der Waals surface area contributed by atoms with Crippen LogP contribution >= 0.6 is 0 Å². The second kappa shape index (κ2) is 6.39. The van der Waals surface area contributed by atoms with Gasteiger partial charge in [-0.15, -0.1) is 10.2 Å². The SMILES string of the molecule is Cc1nnc(-c2ccc(NC(=O)NC3CCc4[nH]ncc4C3)cc2)o1.